The molecule has 8 heteroatoms. The van der Waals surface area contributed by atoms with Gasteiger partial charge in [-0.25, -0.2) is 9.97 Å². The Labute approximate surface area is 100 Å². The number of hydrogen-bond acceptors (Lipinski definition) is 6. The van der Waals surface area contributed by atoms with Crippen LogP contribution in [0.5, 0.6) is 0 Å². The number of fused-ring (bicyclic) bond motifs is 1. The molecule has 18 heavy (non-hydrogen) atoms. The topological polar surface area (TPSA) is 113 Å². The molecular weight excluding hydrogens is 240 g/mol. The van der Waals surface area contributed by atoms with Crippen LogP contribution in [0.15, 0.2) is 29.8 Å². The Morgan fingerprint density at radius 2 is 2.22 bits per heavy atom. The minimum Gasteiger partial charge on any atom is -0.469 e. The quantitative estimate of drug-likeness (QED) is 0.591. The number of aliphatic hydroxyl groups is 2. The average Bonchev–Trinajstić information content (AvgIpc) is 2.88. The highest BCUT2D eigenvalue weighted by atomic mass is 16.5. The molecule has 3 heterocycles. The Bertz CT molecular complexity index is 676. The van der Waals surface area contributed by atoms with Crippen LogP contribution in [0.4, 0.5) is 0 Å². The molecule has 0 bridgehead atoms. The van der Waals surface area contributed by atoms with Gasteiger partial charge in [0.15, 0.2) is 11.2 Å². The van der Waals surface area contributed by atoms with Crippen molar-refractivity contribution in [2.45, 2.75) is 18.4 Å². The fourth-order valence-corrected chi connectivity index (χ4v) is 1.91. The fraction of sp³-hybridized carbons (Fsp3) is 0.300. The lowest BCUT2D eigenvalue weighted by molar-refractivity contribution is -0.0118. The number of nitrogens with zero attached hydrogens (tertiary/aromatic N) is 3. The van der Waals surface area contributed by atoms with E-state index >= 15 is 0 Å². The van der Waals surface area contributed by atoms with Crippen LogP contribution in [0.1, 0.15) is 6.23 Å². The second kappa shape index (κ2) is 3.65. The molecular formula is C10H10N4O4. The monoisotopic (exact) mass is 250 g/mol. The van der Waals surface area contributed by atoms with Gasteiger partial charge in [0.1, 0.15) is 24.3 Å². The molecule has 1 aliphatic heterocycles. The van der Waals surface area contributed by atoms with E-state index in [-0.39, 0.29) is 22.5 Å². The lowest BCUT2D eigenvalue weighted by atomic mass is 10.2. The van der Waals surface area contributed by atoms with Crippen LogP contribution in [0.3, 0.4) is 0 Å². The van der Waals surface area contributed by atoms with Crippen LogP contribution >= 0.6 is 0 Å². The fourth-order valence-electron chi connectivity index (χ4n) is 1.91. The molecule has 1 saturated heterocycles. The Kier molecular flexibility index (Phi) is 2.22. The maximum Gasteiger partial charge on any atom is 0.278 e. The number of ether oxygens (including phenoxy) is 1. The minimum absolute atomic E-state index is 0.0687. The molecule has 2 aromatic heterocycles. The zero-order chi connectivity index (χ0) is 12.9. The van der Waals surface area contributed by atoms with Gasteiger partial charge >= 0.3 is 0 Å². The third-order valence-electron chi connectivity index (χ3n) is 2.86. The van der Waals surface area contributed by atoms with Crippen LogP contribution in [-0.4, -0.2) is 41.9 Å². The molecule has 0 unspecified atom stereocenters. The number of hydrogen-bond donors (Lipinski definition) is 3. The van der Waals surface area contributed by atoms with Gasteiger partial charge in [0, 0.05) is 0 Å². The molecule has 0 aliphatic carbocycles. The molecule has 3 N–H and O–H groups in total. The van der Waals surface area contributed by atoms with Gasteiger partial charge in [-0.15, -0.1) is 0 Å². The van der Waals surface area contributed by atoms with Crippen molar-refractivity contribution in [2.75, 3.05) is 0 Å². The van der Waals surface area contributed by atoms with Crippen molar-refractivity contribution < 1.29 is 14.9 Å². The van der Waals surface area contributed by atoms with Crippen molar-refractivity contribution in [3.8, 4) is 0 Å². The highest BCUT2D eigenvalue weighted by Crippen LogP contribution is 2.31. The molecule has 3 rings (SSSR count). The minimum atomic E-state index is -1.18. The summed E-state index contributed by atoms with van der Waals surface area (Å²) in [6.07, 6.45) is -0.695. The van der Waals surface area contributed by atoms with E-state index in [4.69, 9.17) is 4.74 Å². The van der Waals surface area contributed by atoms with E-state index in [9.17, 15) is 15.0 Å². The summed E-state index contributed by atoms with van der Waals surface area (Å²) in [7, 11) is 0. The highest BCUT2D eigenvalue weighted by Gasteiger charge is 2.40. The predicted octanol–water partition coefficient (Wildman–Crippen LogP) is -1.12. The first-order valence-electron chi connectivity index (χ1n) is 5.21. The molecule has 0 saturated carbocycles. The largest absolute Gasteiger partial charge is 0.469 e. The first kappa shape index (κ1) is 10.9. The van der Waals surface area contributed by atoms with Crippen molar-refractivity contribution in [1.82, 2.24) is 19.5 Å². The van der Waals surface area contributed by atoms with Crippen LogP contribution in [0.2, 0.25) is 0 Å². The Morgan fingerprint density at radius 1 is 1.44 bits per heavy atom. The van der Waals surface area contributed by atoms with Gasteiger partial charge in [0.05, 0.1) is 6.33 Å². The predicted molar refractivity (Wildman–Crippen MR) is 59.4 cm³/mol. The maximum atomic E-state index is 11.5. The molecule has 8 nitrogen and oxygen atoms in total. The van der Waals surface area contributed by atoms with Gasteiger partial charge in [-0.1, -0.05) is 6.58 Å². The highest BCUT2D eigenvalue weighted by molar-refractivity contribution is 5.68. The Balaban J connectivity index is 2.14. The van der Waals surface area contributed by atoms with E-state index in [1.165, 1.54) is 17.2 Å². The van der Waals surface area contributed by atoms with Crippen molar-refractivity contribution in [3.05, 3.63) is 35.3 Å². The van der Waals surface area contributed by atoms with Crippen molar-refractivity contribution in [3.63, 3.8) is 0 Å². The summed E-state index contributed by atoms with van der Waals surface area (Å²) in [5.74, 6) is 0.0687. The molecule has 0 radical (unpaired) electrons. The third kappa shape index (κ3) is 1.36. The number of H-pyrrole nitrogens is 1. The molecule has 3 atom stereocenters. The smallest absolute Gasteiger partial charge is 0.278 e. The molecule has 0 spiro atoms. The Hall–Kier alpha value is -2.19. The lowest BCUT2D eigenvalue weighted by Gasteiger charge is -2.15. The third-order valence-corrected chi connectivity index (χ3v) is 2.86. The summed E-state index contributed by atoms with van der Waals surface area (Å²) >= 11 is 0. The number of aromatic nitrogens is 4. The van der Waals surface area contributed by atoms with E-state index in [1.807, 2.05) is 0 Å². The summed E-state index contributed by atoms with van der Waals surface area (Å²) in [6.45, 7) is 3.49. The van der Waals surface area contributed by atoms with Crippen LogP contribution in [0.25, 0.3) is 11.2 Å². The number of aromatic amines is 1. The van der Waals surface area contributed by atoms with Crippen molar-refractivity contribution in [1.29, 1.82) is 0 Å². The summed E-state index contributed by atoms with van der Waals surface area (Å²) in [4.78, 5) is 21.7. The zero-order valence-corrected chi connectivity index (χ0v) is 9.15. The summed E-state index contributed by atoms with van der Waals surface area (Å²) in [6, 6.07) is 0. The SMILES string of the molecule is C=C1O[C@@H](n2cnc3c(=O)[nH]cnc32)[C@H](O)[C@@H]1O. The van der Waals surface area contributed by atoms with Crippen LogP contribution in [-0.2, 0) is 4.74 Å². The lowest BCUT2D eigenvalue weighted by Crippen LogP contribution is -2.27. The Morgan fingerprint density at radius 3 is 2.89 bits per heavy atom. The average molecular weight is 250 g/mol. The van der Waals surface area contributed by atoms with Crippen molar-refractivity contribution in [2.24, 2.45) is 0 Å². The van der Waals surface area contributed by atoms with Gasteiger partial charge in [0.2, 0.25) is 6.23 Å². The molecule has 0 amide bonds. The van der Waals surface area contributed by atoms with E-state index in [1.54, 1.807) is 0 Å². The molecule has 94 valence electrons. The standard InChI is InChI=1S/C10H10N4O4/c1-4-6(15)7(16)10(18-4)14-3-13-5-8(14)11-2-12-9(5)17/h2-3,6-7,10,15-16H,1H2,(H,11,12,17)/t6-,7-,10-/m1/s1. The molecule has 0 aromatic carbocycles. The molecule has 2 aromatic rings. The van der Waals surface area contributed by atoms with E-state index in [0.29, 0.717) is 0 Å². The van der Waals surface area contributed by atoms with E-state index in [0.717, 1.165) is 0 Å². The molecule has 1 aliphatic rings. The van der Waals surface area contributed by atoms with Gasteiger partial charge < -0.3 is 19.9 Å². The van der Waals surface area contributed by atoms with Gasteiger partial charge in [-0.3, -0.25) is 9.36 Å². The summed E-state index contributed by atoms with van der Waals surface area (Å²) < 4.78 is 6.64. The summed E-state index contributed by atoms with van der Waals surface area (Å²) in [5, 5.41) is 19.4. The van der Waals surface area contributed by atoms with Gasteiger partial charge in [-0.05, 0) is 0 Å². The second-order valence-electron chi connectivity index (χ2n) is 3.97. The second-order valence-corrected chi connectivity index (χ2v) is 3.97. The maximum absolute atomic E-state index is 11.5. The van der Waals surface area contributed by atoms with Crippen LogP contribution < -0.4 is 5.56 Å². The van der Waals surface area contributed by atoms with Gasteiger partial charge in [-0.2, -0.15) is 0 Å². The van der Waals surface area contributed by atoms with Crippen molar-refractivity contribution >= 4 is 11.2 Å². The number of imidazole rings is 1. The first-order chi connectivity index (χ1) is 8.59. The zero-order valence-electron chi connectivity index (χ0n) is 9.15. The van der Waals surface area contributed by atoms with Crippen LogP contribution in [0, 0.1) is 0 Å². The van der Waals surface area contributed by atoms with Gasteiger partial charge in [0.25, 0.3) is 5.56 Å². The number of rotatable bonds is 1. The van der Waals surface area contributed by atoms with E-state index < -0.39 is 18.4 Å². The van der Waals surface area contributed by atoms with E-state index in [2.05, 4.69) is 21.5 Å². The molecule has 1 fully saturated rings. The number of aliphatic hydroxyl groups excluding tert-OH is 2. The summed E-state index contributed by atoms with van der Waals surface area (Å²) in [5.41, 5.74) is 0.0237. The normalized spacial score (nSPS) is 27.7. The number of nitrogens with one attached hydrogen (secondary N) is 1. The first-order valence-corrected chi connectivity index (χ1v) is 5.21.